The Hall–Kier alpha value is -2.75. The normalized spacial score (nSPS) is 19.7. The van der Waals surface area contributed by atoms with Crippen LogP contribution in [0.1, 0.15) is 22.9 Å². The summed E-state index contributed by atoms with van der Waals surface area (Å²) >= 11 is 1.77. The van der Waals surface area contributed by atoms with Crippen LogP contribution >= 0.6 is 11.3 Å². The number of likely N-dealkylation sites (tertiary alicyclic amines) is 1. The molecule has 1 amide bonds. The molecule has 2 fully saturated rings. The smallest absolute Gasteiger partial charge is 0.245 e. The lowest BCUT2D eigenvalue weighted by molar-refractivity contribution is -0.125. The molecule has 2 saturated heterocycles. The first-order chi connectivity index (χ1) is 15.6. The molecule has 3 aromatic heterocycles. The SMILES string of the molecule is C=CC(=O)N1CCC(c2c(-c3csc(CN4CCOCC4)c3)c3c(N)ncnc3n2C)C1. The van der Waals surface area contributed by atoms with Crippen LogP contribution in [0.3, 0.4) is 0 Å². The second-order valence-corrected chi connectivity index (χ2v) is 9.44. The molecule has 0 aromatic carbocycles. The van der Waals surface area contributed by atoms with Gasteiger partial charge in [-0.15, -0.1) is 11.3 Å². The first-order valence-corrected chi connectivity index (χ1v) is 11.8. The number of carbonyl (C=O) groups excluding carboxylic acids is 1. The van der Waals surface area contributed by atoms with Crippen molar-refractivity contribution < 1.29 is 9.53 Å². The van der Waals surface area contributed by atoms with E-state index in [1.807, 2.05) is 11.9 Å². The van der Waals surface area contributed by atoms with Gasteiger partial charge in [-0.25, -0.2) is 9.97 Å². The summed E-state index contributed by atoms with van der Waals surface area (Å²) in [5, 5.41) is 3.11. The van der Waals surface area contributed by atoms with E-state index in [1.165, 1.54) is 23.0 Å². The zero-order valence-corrected chi connectivity index (χ0v) is 19.1. The number of fused-ring (bicyclic) bond motifs is 1. The molecule has 3 aromatic rings. The van der Waals surface area contributed by atoms with Crippen molar-refractivity contribution in [3.05, 3.63) is 41.0 Å². The lowest BCUT2D eigenvalue weighted by atomic mass is 9.96. The van der Waals surface area contributed by atoms with Crippen molar-refractivity contribution in [2.75, 3.05) is 45.1 Å². The third-order valence-corrected chi connectivity index (χ3v) is 7.45. The standard InChI is InChI=1S/C23H28N6O2S/c1-3-18(30)29-5-4-15(11-29)21-19(20-22(24)25-14-26-23(20)27(21)2)16-10-17(32-13-16)12-28-6-8-31-9-7-28/h3,10,13-15H,1,4-9,11-12H2,2H3,(H2,24,25,26). The van der Waals surface area contributed by atoms with E-state index in [9.17, 15) is 4.79 Å². The Labute approximate surface area is 191 Å². The van der Waals surface area contributed by atoms with Crippen molar-refractivity contribution in [3.8, 4) is 11.1 Å². The van der Waals surface area contributed by atoms with E-state index >= 15 is 0 Å². The number of aromatic nitrogens is 3. The predicted molar refractivity (Wildman–Crippen MR) is 126 cm³/mol. The van der Waals surface area contributed by atoms with Crippen molar-refractivity contribution >= 4 is 34.1 Å². The average Bonchev–Trinajstić information content (AvgIpc) is 3.53. The molecular weight excluding hydrogens is 424 g/mol. The largest absolute Gasteiger partial charge is 0.383 e. The monoisotopic (exact) mass is 452 g/mol. The molecule has 0 saturated carbocycles. The third kappa shape index (κ3) is 3.70. The van der Waals surface area contributed by atoms with E-state index in [0.717, 1.165) is 68.0 Å². The fourth-order valence-electron chi connectivity index (χ4n) is 4.95. The molecule has 5 heterocycles. The van der Waals surface area contributed by atoms with Crippen LogP contribution in [0.5, 0.6) is 0 Å². The van der Waals surface area contributed by atoms with E-state index in [-0.39, 0.29) is 11.8 Å². The van der Waals surface area contributed by atoms with Gasteiger partial charge in [0.1, 0.15) is 17.8 Å². The summed E-state index contributed by atoms with van der Waals surface area (Å²) in [5.74, 6) is 0.676. The predicted octanol–water partition coefficient (Wildman–Crippen LogP) is 2.61. The van der Waals surface area contributed by atoms with Gasteiger partial charge in [-0.1, -0.05) is 6.58 Å². The summed E-state index contributed by atoms with van der Waals surface area (Å²) in [4.78, 5) is 26.6. The highest BCUT2D eigenvalue weighted by Gasteiger charge is 2.33. The van der Waals surface area contributed by atoms with Crippen LogP contribution in [-0.4, -0.2) is 69.6 Å². The molecule has 1 unspecified atom stereocenters. The van der Waals surface area contributed by atoms with Crippen LogP contribution in [0.15, 0.2) is 30.4 Å². The number of hydrogen-bond donors (Lipinski definition) is 1. The quantitative estimate of drug-likeness (QED) is 0.599. The minimum Gasteiger partial charge on any atom is -0.383 e. The molecule has 168 valence electrons. The van der Waals surface area contributed by atoms with E-state index < -0.39 is 0 Å². The van der Waals surface area contributed by atoms with E-state index in [0.29, 0.717) is 12.4 Å². The Kier molecular flexibility index (Phi) is 5.71. The number of nitrogen functional groups attached to an aromatic ring is 1. The number of nitrogens with two attached hydrogens (primary N) is 1. The topological polar surface area (TPSA) is 89.5 Å². The van der Waals surface area contributed by atoms with Crippen LogP contribution in [0, 0.1) is 0 Å². The average molecular weight is 453 g/mol. The Morgan fingerprint density at radius 3 is 2.94 bits per heavy atom. The number of aryl methyl sites for hydroxylation is 1. The zero-order valence-electron chi connectivity index (χ0n) is 18.3. The summed E-state index contributed by atoms with van der Waals surface area (Å²) in [6.07, 6.45) is 3.81. The third-order valence-electron chi connectivity index (χ3n) is 6.53. The number of carbonyl (C=O) groups is 1. The van der Waals surface area contributed by atoms with Gasteiger partial charge in [-0.05, 0) is 29.5 Å². The molecule has 5 rings (SSSR count). The maximum absolute atomic E-state index is 12.2. The molecule has 2 aliphatic rings. The Morgan fingerprint density at radius 2 is 2.16 bits per heavy atom. The zero-order chi connectivity index (χ0) is 22.2. The highest BCUT2D eigenvalue weighted by atomic mass is 32.1. The number of thiophene rings is 1. The van der Waals surface area contributed by atoms with Crippen LogP contribution in [0.2, 0.25) is 0 Å². The number of morpholine rings is 1. The fraction of sp³-hybridized carbons (Fsp3) is 0.435. The number of ether oxygens (including phenoxy) is 1. The molecule has 9 heteroatoms. The van der Waals surface area contributed by atoms with Gasteiger partial charge in [0, 0.05) is 61.8 Å². The minimum atomic E-state index is -0.0181. The second kappa shape index (κ2) is 8.65. The van der Waals surface area contributed by atoms with Crippen molar-refractivity contribution in [2.24, 2.45) is 7.05 Å². The van der Waals surface area contributed by atoms with Crippen molar-refractivity contribution in [1.82, 2.24) is 24.3 Å². The summed E-state index contributed by atoms with van der Waals surface area (Å²) < 4.78 is 7.61. The molecule has 0 bridgehead atoms. The number of hydrogen-bond acceptors (Lipinski definition) is 7. The molecule has 32 heavy (non-hydrogen) atoms. The lowest BCUT2D eigenvalue weighted by Crippen LogP contribution is -2.35. The summed E-state index contributed by atoms with van der Waals surface area (Å²) in [6.45, 7) is 9.46. The van der Waals surface area contributed by atoms with Crippen molar-refractivity contribution in [3.63, 3.8) is 0 Å². The van der Waals surface area contributed by atoms with Gasteiger partial charge in [0.2, 0.25) is 5.91 Å². The van der Waals surface area contributed by atoms with Gasteiger partial charge in [0.15, 0.2) is 0 Å². The molecule has 1 atom stereocenters. The Morgan fingerprint density at radius 1 is 1.34 bits per heavy atom. The van der Waals surface area contributed by atoms with Gasteiger partial charge in [0.05, 0.1) is 18.6 Å². The molecule has 8 nitrogen and oxygen atoms in total. The first kappa shape index (κ1) is 21.1. The lowest BCUT2D eigenvalue weighted by Gasteiger charge is -2.25. The van der Waals surface area contributed by atoms with E-state index in [2.05, 4.69) is 37.5 Å². The van der Waals surface area contributed by atoms with Gasteiger partial charge < -0.3 is 19.9 Å². The highest BCUT2D eigenvalue weighted by molar-refractivity contribution is 7.10. The highest BCUT2D eigenvalue weighted by Crippen LogP contribution is 2.43. The van der Waals surface area contributed by atoms with E-state index in [1.54, 1.807) is 11.3 Å². The van der Waals surface area contributed by atoms with Crippen LogP contribution in [-0.2, 0) is 23.1 Å². The number of rotatable bonds is 5. The molecule has 0 aliphatic carbocycles. The molecule has 2 N–H and O–H groups in total. The van der Waals surface area contributed by atoms with Gasteiger partial charge >= 0.3 is 0 Å². The van der Waals surface area contributed by atoms with Crippen molar-refractivity contribution in [1.29, 1.82) is 0 Å². The van der Waals surface area contributed by atoms with Gasteiger partial charge in [-0.2, -0.15) is 0 Å². The number of amides is 1. The van der Waals surface area contributed by atoms with Gasteiger partial charge in [-0.3, -0.25) is 9.69 Å². The maximum Gasteiger partial charge on any atom is 0.245 e. The van der Waals surface area contributed by atoms with Crippen LogP contribution in [0.25, 0.3) is 22.2 Å². The Bertz CT molecular complexity index is 1160. The Balaban J connectivity index is 1.56. The van der Waals surface area contributed by atoms with Crippen LogP contribution in [0.4, 0.5) is 5.82 Å². The van der Waals surface area contributed by atoms with E-state index in [4.69, 9.17) is 10.5 Å². The van der Waals surface area contributed by atoms with Gasteiger partial charge in [0.25, 0.3) is 0 Å². The molecule has 0 radical (unpaired) electrons. The first-order valence-electron chi connectivity index (χ1n) is 10.9. The molecule has 0 spiro atoms. The van der Waals surface area contributed by atoms with Crippen molar-refractivity contribution in [2.45, 2.75) is 18.9 Å². The molecule has 2 aliphatic heterocycles. The second-order valence-electron chi connectivity index (χ2n) is 8.44. The fourth-order valence-corrected chi connectivity index (χ4v) is 5.87. The maximum atomic E-state index is 12.2. The summed E-state index contributed by atoms with van der Waals surface area (Å²) in [6, 6.07) is 2.27. The minimum absolute atomic E-state index is 0.0181. The summed E-state index contributed by atoms with van der Waals surface area (Å²) in [7, 11) is 2.03. The number of anilines is 1. The van der Waals surface area contributed by atoms with Crippen LogP contribution < -0.4 is 5.73 Å². The molecular formula is C23H28N6O2S. The number of nitrogens with zero attached hydrogens (tertiary/aromatic N) is 5. The summed E-state index contributed by atoms with van der Waals surface area (Å²) in [5.41, 5.74) is 10.6.